The summed E-state index contributed by atoms with van der Waals surface area (Å²) < 4.78 is 5.81. The van der Waals surface area contributed by atoms with Crippen LogP contribution >= 0.6 is 0 Å². The van der Waals surface area contributed by atoms with Crippen LogP contribution in [0.1, 0.15) is 31.7 Å². The van der Waals surface area contributed by atoms with E-state index in [9.17, 15) is 0 Å². The highest BCUT2D eigenvalue weighted by atomic mass is 16.5. The number of hydrogen-bond donors (Lipinski definition) is 0. The van der Waals surface area contributed by atoms with Crippen molar-refractivity contribution < 1.29 is 4.74 Å². The van der Waals surface area contributed by atoms with Crippen LogP contribution in [-0.2, 0) is 0 Å². The second-order valence-electron chi connectivity index (χ2n) is 4.65. The Bertz CT molecular complexity index is 447. The zero-order valence-electron chi connectivity index (χ0n) is 11.1. The van der Waals surface area contributed by atoms with Crippen molar-refractivity contribution in [1.82, 2.24) is 9.88 Å². The van der Waals surface area contributed by atoms with Crippen LogP contribution in [0, 0.1) is 11.8 Å². The van der Waals surface area contributed by atoms with Crippen LogP contribution in [0.5, 0.6) is 5.75 Å². The van der Waals surface area contributed by atoms with Crippen LogP contribution < -0.4 is 4.74 Å². The van der Waals surface area contributed by atoms with E-state index < -0.39 is 0 Å². The van der Waals surface area contributed by atoms with Crippen molar-refractivity contribution in [2.24, 2.45) is 0 Å². The average Bonchev–Trinajstić information content (AvgIpc) is 2.80. The van der Waals surface area contributed by atoms with Gasteiger partial charge in [-0.1, -0.05) is 18.8 Å². The number of likely N-dealkylation sites (N-methyl/N-ethyl adjacent to an activating group) is 1. The number of aromatic nitrogens is 1. The van der Waals surface area contributed by atoms with Gasteiger partial charge in [-0.3, -0.25) is 4.98 Å². The van der Waals surface area contributed by atoms with Crippen molar-refractivity contribution in [3.63, 3.8) is 0 Å². The molecule has 2 rings (SSSR count). The molecule has 0 N–H and O–H groups in total. The van der Waals surface area contributed by atoms with Gasteiger partial charge < -0.3 is 9.64 Å². The van der Waals surface area contributed by atoms with E-state index >= 15 is 0 Å². The highest BCUT2D eigenvalue weighted by Crippen LogP contribution is 2.17. The van der Waals surface area contributed by atoms with E-state index in [1.54, 1.807) is 12.4 Å². The van der Waals surface area contributed by atoms with Crippen molar-refractivity contribution in [2.45, 2.75) is 32.2 Å². The molecule has 0 aliphatic carbocycles. The molecule has 0 amide bonds. The van der Waals surface area contributed by atoms with Gasteiger partial charge in [0, 0.05) is 24.2 Å². The first-order valence-electron chi connectivity index (χ1n) is 6.56. The minimum Gasteiger partial charge on any atom is -0.490 e. The molecule has 2 heterocycles. The fraction of sp³-hybridized carbons (Fsp3) is 0.533. The van der Waals surface area contributed by atoms with Crippen molar-refractivity contribution in [2.75, 3.05) is 20.2 Å². The molecule has 1 aliphatic rings. The number of ether oxygens (including phenoxy) is 1. The largest absolute Gasteiger partial charge is 0.490 e. The van der Waals surface area contributed by atoms with E-state index in [0.29, 0.717) is 6.04 Å². The maximum atomic E-state index is 5.81. The lowest BCUT2D eigenvalue weighted by atomic mass is 10.2. The van der Waals surface area contributed by atoms with Gasteiger partial charge in [-0.15, -0.1) is 0 Å². The molecule has 0 unspecified atom stereocenters. The first-order chi connectivity index (χ1) is 8.79. The van der Waals surface area contributed by atoms with Crippen molar-refractivity contribution in [3.8, 4) is 17.6 Å². The Morgan fingerprint density at radius 2 is 2.39 bits per heavy atom. The second kappa shape index (κ2) is 6.42. The van der Waals surface area contributed by atoms with Crippen molar-refractivity contribution >= 4 is 0 Å². The minimum atomic E-state index is 0.537. The minimum absolute atomic E-state index is 0.537. The fourth-order valence-electron chi connectivity index (χ4n) is 2.14. The fourth-order valence-corrected chi connectivity index (χ4v) is 2.14. The summed E-state index contributed by atoms with van der Waals surface area (Å²) in [7, 11) is 2.16. The topological polar surface area (TPSA) is 25.4 Å². The summed E-state index contributed by atoms with van der Waals surface area (Å²) in [4.78, 5) is 6.52. The monoisotopic (exact) mass is 244 g/mol. The standard InChI is InChI=1S/C15H20N2O/c1-3-4-6-13-9-15(11-16-10-13)18-12-14-7-5-8-17(14)2/h9-11,14H,3,5,7-8,12H2,1-2H3/t14-/m0/s1. The highest BCUT2D eigenvalue weighted by Gasteiger charge is 2.21. The summed E-state index contributed by atoms with van der Waals surface area (Å²) in [5.74, 6) is 6.93. The predicted octanol–water partition coefficient (Wildman–Crippen LogP) is 2.32. The van der Waals surface area contributed by atoms with Crippen LogP contribution in [0.3, 0.4) is 0 Å². The zero-order valence-corrected chi connectivity index (χ0v) is 11.1. The van der Waals surface area contributed by atoms with Gasteiger partial charge in [-0.2, -0.15) is 0 Å². The summed E-state index contributed by atoms with van der Waals surface area (Å²) in [5.41, 5.74) is 0.925. The van der Waals surface area contributed by atoms with Crippen LogP contribution in [0.4, 0.5) is 0 Å². The molecule has 0 aromatic carbocycles. The Balaban J connectivity index is 1.92. The van der Waals surface area contributed by atoms with E-state index in [4.69, 9.17) is 4.74 Å². The third kappa shape index (κ3) is 3.48. The van der Waals surface area contributed by atoms with E-state index in [1.165, 1.54) is 19.4 Å². The molecule has 18 heavy (non-hydrogen) atoms. The molecule has 1 aromatic rings. The summed E-state index contributed by atoms with van der Waals surface area (Å²) in [5, 5.41) is 0. The van der Waals surface area contributed by atoms with Crippen molar-refractivity contribution in [3.05, 3.63) is 24.0 Å². The summed E-state index contributed by atoms with van der Waals surface area (Å²) >= 11 is 0. The Morgan fingerprint density at radius 1 is 1.50 bits per heavy atom. The smallest absolute Gasteiger partial charge is 0.138 e. The Labute approximate surface area is 109 Å². The maximum Gasteiger partial charge on any atom is 0.138 e. The first-order valence-corrected chi connectivity index (χ1v) is 6.56. The number of hydrogen-bond acceptors (Lipinski definition) is 3. The van der Waals surface area contributed by atoms with E-state index in [-0.39, 0.29) is 0 Å². The van der Waals surface area contributed by atoms with Crippen LogP contribution in [-0.4, -0.2) is 36.1 Å². The lowest BCUT2D eigenvalue weighted by Crippen LogP contribution is -2.30. The molecule has 1 saturated heterocycles. The third-order valence-electron chi connectivity index (χ3n) is 3.24. The summed E-state index contributed by atoms with van der Waals surface area (Å²) in [6, 6.07) is 2.50. The van der Waals surface area contributed by atoms with Crippen LogP contribution in [0.15, 0.2) is 18.5 Å². The summed E-state index contributed by atoms with van der Waals surface area (Å²) in [6.45, 7) is 3.95. The molecular weight excluding hydrogens is 224 g/mol. The van der Waals surface area contributed by atoms with Gasteiger partial charge in [0.1, 0.15) is 12.4 Å². The highest BCUT2D eigenvalue weighted by molar-refractivity contribution is 5.36. The first kappa shape index (κ1) is 12.9. The van der Waals surface area contributed by atoms with Gasteiger partial charge >= 0.3 is 0 Å². The van der Waals surface area contributed by atoms with Gasteiger partial charge in [-0.05, 0) is 32.5 Å². The Morgan fingerprint density at radius 3 is 3.11 bits per heavy atom. The predicted molar refractivity (Wildman–Crippen MR) is 72.6 cm³/mol. The van der Waals surface area contributed by atoms with E-state index in [1.807, 2.05) is 13.0 Å². The van der Waals surface area contributed by atoms with Crippen LogP contribution in [0.25, 0.3) is 0 Å². The molecule has 0 bridgehead atoms. The number of rotatable bonds is 3. The quantitative estimate of drug-likeness (QED) is 0.763. The van der Waals surface area contributed by atoms with E-state index in [2.05, 4.69) is 28.8 Å². The third-order valence-corrected chi connectivity index (χ3v) is 3.24. The lowest BCUT2D eigenvalue weighted by Gasteiger charge is -2.19. The normalized spacial score (nSPS) is 19.3. The maximum absolute atomic E-state index is 5.81. The van der Waals surface area contributed by atoms with Crippen molar-refractivity contribution in [1.29, 1.82) is 0 Å². The number of pyridine rings is 1. The molecule has 1 aliphatic heterocycles. The van der Waals surface area contributed by atoms with Gasteiger partial charge in [0.2, 0.25) is 0 Å². The molecule has 0 radical (unpaired) electrons. The molecule has 3 heteroatoms. The lowest BCUT2D eigenvalue weighted by molar-refractivity contribution is 0.198. The molecule has 0 saturated carbocycles. The SMILES string of the molecule is CCC#Cc1cncc(OC[C@@H]2CCCN2C)c1. The molecule has 0 spiro atoms. The Hall–Kier alpha value is -1.53. The van der Waals surface area contributed by atoms with Crippen LogP contribution in [0.2, 0.25) is 0 Å². The van der Waals surface area contributed by atoms with Gasteiger partial charge in [0.15, 0.2) is 0 Å². The molecular formula is C15H20N2O. The molecule has 1 atom stereocenters. The number of likely N-dealkylation sites (tertiary alicyclic amines) is 1. The van der Waals surface area contributed by atoms with E-state index in [0.717, 1.165) is 24.3 Å². The zero-order chi connectivity index (χ0) is 12.8. The van der Waals surface area contributed by atoms with Gasteiger partial charge in [0.25, 0.3) is 0 Å². The second-order valence-corrected chi connectivity index (χ2v) is 4.65. The number of nitrogens with zero attached hydrogens (tertiary/aromatic N) is 2. The summed E-state index contributed by atoms with van der Waals surface area (Å²) in [6.07, 6.45) is 6.88. The molecule has 1 fully saturated rings. The molecule has 3 nitrogen and oxygen atoms in total. The molecule has 96 valence electrons. The van der Waals surface area contributed by atoms with Gasteiger partial charge in [0.05, 0.1) is 6.20 Å². The Kier molecular flexibility index (Phi) is 4.60. The average molecular weight is 244 g/mol. The molecule has 1 aromatic heterocycles. The van der Waals surface area contributed by atoms with Gasteiger partial charge in [-0.25, -0.2) is 0 Å².